The van der Waals surface area contributed by atoms with Gasteiger partial charge >= 0.3 is 5.97 Å². The molecule has 0 unspecified atom stereocenters. The molecule has 1 aliphatic rings. The number of allylic oxidation sites excluding steroid dienone is 1. The van der Waals surface area contributed by atoms with Crippen LogP contribution in [-0.4, -0.2) is 18.1 Å². The molecular formula is C15H12N2O2. The zero-order valence-electron chi connectivity index (χ0n) is 10.1. The Morgan fingerprint density at radius 2 is 2.00 bits per heavy atom. The SMILES string of the molecule is O=C(C=Cc1ccccc1)OC1=N/C=C\C=N/C=C\1. The van der Waals surface area contributed by atoms with Gasteiger partial charge < -0.3 is 4.74 Å². The molecule has 0 atom stereocenters. The topological polar surface area (TPSA) is 51.0 Å². The second kappa shape index (κ2) is 6.86. The lowest BCUT2D eigenvalue weighted by atomic mass is 10.2. The van der Waals surface area contributed by atoms with E-state index in [-0.39, 0.29) is 5.90 Å². The van der Waals surface area contributed by atoms with Crippen LogP contribution in [0.3, 0.4) is 0 Å². The van der Waals surface area contributed by atoms with E-state index in [9.17, 15) is 4.79 Å². The van der Waals surface area contributed by atoms with Crippen molar-refractivity contribution < 1.29 is 9.53 Å². The molecule has 1 aliphatic heterocycles. The Kier molecular flexibility index (Phi) is 4.58. The second-order valence-corrected chi connectivity index (χ2v) is 3.59. The lowest BCUT2D eigenvalue weighted by Crippen LogP contribution is -2.07. The van der Waals surface area contributed by atoms with E-state index < -0.39 is 5.97 Å². The minimum absolute atomic E-state index is 0.204. The van der Waals surface area contributed by atoms with Gasteiger partial charge in [-0.05, 0) is 17.7 Å². The highest BCUT2D eigenvalue weighted by Crippen LogP contribution is 2.01. The minimum Gasteiger partial charge on any atom is -0.404 e. The average Bonchev–Trinajstić information content (AvgIpc) is 2.41. The highest BCUT2D eigenvalue weighted by atomic mass is 16.5. The van der Waals surface area contributed by atoms with Crippen LogP contribution in [0.15, 0.2) is 70.9 Å². The zero-order valence-corrected chi connectivity index (χ0v) is 10.1. The lowest BCUT2D eigenvalue weighted by Gasteiger charge is -1.99. The molecule has 19 heavy (non-hydrogen) atoms. The summed E-state index contributed by atoms with van der Waals surface area (Å²) in [5.74, 6) is -0.277. The molecule has 0 spiro atoms. The molecular weight excluding hydrogens is 240 g/mol. The van der Waals surface area contributed by atoms with Gasteiger partial charge in [0.1, 0.15) is 0 Å². The van der Waals surface area contributed by atoms with Crippen LogP contribution in [0.25, 0.3) is 6.08 Å². The number of aliphatic imine (C=N–C) groups is 2. The summed E-state index contributed by atoms with van der Waals surface area (Å²) >= 11 is 0. The van der Waals surface area contributed by atoms with Gasteiger partial charge in [0.25, 0.3) is 0 Å². The smallest absolute Gasteiger partial charge is 0.337 e. The first-order valence-corrected chi connectivity index (χ1v) is 5.72. The first-order chi connectivity index (χ1) is 9.34. The molecule has 1 aromatic rings. The number of nitrogens with zero attached hydrogens (tertiary/aromatic N) is 2. The normalized spacial score (nSPS) is 21.8. The van der Waals surface area contributed by atoms with Crippen molar-refractivity contribution in [1.82, 2.24) is 0 Å². The van der Waals surface area contributed by atoms with E-state index >= 15 is 0 Å². The Morgan fingerprint density at radius 1 is 1.16 bits per heavy atom. The Labute approximate surface area is 111 Å². The highest BCUT2D eigenvalue weighted by Gasteiger charge is 2.02. The van der Waals surface area contributed by atoms with Gasteiger partial charge in [0, 0.05) is 30.8 Å². The fraction of sp³-hybridized carbons (Fsp3) is 0. The number of rotatable bonds is 2. The number of hydrogen-bond donors (Lipinski definition) is 0. The molecule has 0 saturated heterocycles. The van der Waals surface area contributed by atoms with Gasteiger partial charge in [-0.2, -0.15) is 0 Å². The molecule has 0 saturated carbocycles. The second-order valence-electron chi connectivity index (χ2n) is 3.59. The van der Waals surface area contributed by atoms with Crippen LogP contribution in [0.2, 0.25) is 0 Å². The largest absolute Gasteiger partial charge is 0.404 e. The van der Waals surface area contributed by atoms with E-state index in [2.05, 4.69) is 9.98 Å². The van der Waals surface area contributed by atoms with Crippen molar-refractivity contribution in [1.29, 1.82) is 0 Å². The van der Waals surface area contributed by atoms with Crippen molar-refractivity contribution in [2.45, 2.75) is 0 Å². The van der Waals surface area contributed by atoms with Crippen LogP contribution >= 0.6 is 0 Å². The Bertz CT molecular complexity index is 581. The van der Waals surface area contributed by atoms with Gasteiger partial charge in [0.05, 0.1) is 0 Å². The molecule has 1 aromatic carbocycles. The first kappa shape index (κ1) is 12.7. The lowest BCUT2D eigenvalue weighted by molar-refractivity contribution is -0.129. The summed E-state index contributed by atoms with van der Waals surface area (Å²) in [5.41, 5.74) is 0.930. The van der Waals surface area contributed by atoms with Gasteiger partial charge in [0.2, 0.25) is 5.90 Å². The van der Waals surface area contributed by atoms with Crippen molar-refractivity contribution in [3.8, 4) is 0 Å². The van der Waals surface area contributed by atoms with E-state index in [4.69, 9.17) is 4.74 Å². The van der Waals surface area contributed by atoms with Crippen LogP contribution in [0.1, 0.15) is 5.56 Å². The number of carbonyl (C=O) groups excluding carboxylic acids is 1. The summed E-state index contributed by atoms with van der Waals surface area (Å²) in [5, 5.41) is 0. The van der Waals surface area contributed by atoms with Crippen LogP contribution in [0.5, 0.6) is 0 Å². The molecule has 1 heterocycles. The fourth-order valence-corrected chi connectivity index (χ4v) is 1.33. The van der Waals surface area contributed by atoms with Crippen molar-refractivity contribution in [2.75, 3.05) is 0 Å². The molecule has 94 valence electrons. The third-order valence-electron chi connectivity index (χ3n) is 2.18. The minimum atomic E-state index is -0.481. The van der Waals surface area contributed by atoms with E-state index in [0.717, 1.165) is 5.56 Å². The molecule has 0 bridgehead atoms. The monoisotopic (exact) mass is 252 g/mol. The van der Waals surface area contributed by atoms with Gasteiger partial charge in [-0.3, -0.25) is 4.99 Å². The molecule has 0 fully saturated rings. The first-order valence-electron chi connectivity index (χ1n) is 5.72. The van der Waals surface area contributed by atoms with Gasteiger partial charge in [0.15, 0.2) is 0 Å². The third-order valence-corrected chi connectivity index (χ3v) is 2.18. The molecule has 0 N–H and O–H groups in total. The number of hydrogen-bond acceptors (Lipinski definition) is 4. The standard InChI is InChI=1S/C15H12N2O2/c18-15(8-7-13-5-2-1-3-6-13)19-14-9-12-16-10-4-11-17-14/h1-12H/b8-7?,10-4?,11-4-,12-9-,14-9?,16-10-,16-12?,17-11?,17-14+. The predicted octanol–water partition coefficient (Wildman–Crippen LogP) is 2.75. The van der Waals surface area contributed by atoms with Crippen molar-refractivity contribution in [3.05, 3.63) is 66.5 Å². The van der Waals surface area contributed by atoms with Crippen molar-refractivity contribution in [3.63, 3.8) is 0 Å². The summed E-state index contributed by atoms with van der Waals surface area (Å²) in [6.07, 6.45) is 10.8. The quantitative estimate of drug-likeness (QED) is 0.600. The Balaban J connectivity index is 1.96. The van der Waals surface area contributed by atoms with Gasteiger partial charge in [-0.25, -0.2) is 9.79 Å². The van der Waals surface area contributed by atoms with Crippen molar-refractivity contribution in [2.24, 2.45) is 9.98 Å². The maximum absolute atomic E-state index is 11.6. The molecule has 0 aliphatic carbocycles. The van der Waals surface area contributed by atoms with Crippen LogP contribution in [0, 0.1) is 0 Å². The van der Waals surface area contributed by atoms with Crippen LogP contribution in [-0.2, 0) is 9.53 Å². The summed E-state index contributed by atoms with van der Waals surface area (Å²) < 4.78 is 5.06. The fourth-order valence-electron chi connectivity index (χ4n) is 1.33. The average molecular weight is 252 g/mol. The Morgan fingerprint density at radius 3 is 2.84 bits per heavy atom. The molecule has 0 radical (unpaired) electrons. The van der Waals surface area contributed by atoms with Gasteiger partial charge in [-0.15, -0.1) is 0 Å². The third kappa shape index (κ3) is 4.55. The number of esters is 1. The zero-order chi connectivity index (χ0) is 13.3. The van der Waals surface area contributed by atoms with E-state index in [0.29, 0.717) is 0 Å². The maximum atomic E-state index is 11.6. The van der Waals surface area contributed by atoms with Crippen LogP contribution < -0.4 is 0 Å². The van der Waals surface area contributed by atoms with Crippen molar-refractivity contribution >= 4 is 24.2 Å². The highest BCUT2D eigenvalue weighted by molar-refractivity contribution is 6.01. The molecule has 4 heteroatoms. The molecule has 4 nitrogen and oxygen atoms in total. The number of benzene rings is 1. The maximum Gasteiger partial charge on any atom is 0.337 e. The summed E-state index contributed by atoms with van der Waals surface area (Å²) in [6.45, 7) is 0. The summed E-state index contributed by atoms with van der Waals surface area (Å²) in [4.78, 5) is 19.5. The molecule has 0 aromatic heterocycles. The molecule has 0 amide bonds. The van der Waals surface area contributed by atoms with E-state index in [1.165, 1.54) is 24.6 Å². The Hall–Kier alpha value is -2.75. The molecule has 2 rings (SSSR count). The van der Waals surface area contributed by atoms with Crippen LogP contribution in [0.4, 0.5) is 0 Å². The number of carbonyl (C=O) groups is 1. The van der Waals surface area contributed by atoms with E-state index in [1.807, 2.05) is 30.3 Å². The van der Waals surface area contributed by atoms with E-state index in [1.54, 1.807) is 18.4 Å². The number of ether oxygens (including phenoxy) is 1. The van der Waals surface area contributed by atoms with Gasteiger partial charge in [-0.1, -0.05) is 30.3 Å². The summed E-state index contributed by atoms with van der Waals surface area (Å²) in [7, 11) is 0. The predicted molar refractivity (Wildman–Crippen MR) is 75.8 cm³/mol. The summed E-state index contributed by atoms with van der Waals surface area (Å²) in [6, 6.07) is 9.50.